The molecule has 4 heteroatoms. The molecule has 0 saturated heterocycles. The van der Waals surface area contributed by atoms with E-state index in [1.807, 2.05) is 18.3 Å². The smallest absolute Gasteiger partial charge is 0.161 e. The molecule has 10 rings (SSSR count). The number of fused-ring (bicyclic) bond motifs is 10. The second-order valence-electron chi connectivity index (χ2n) is 12.7. The van der Waals surface area contributed by atoms with E-state index in [4.69, 9.17) is 19.7 Å². The largest absolute Gasteiger partial charge is 0.457 e. The number of aromatic nitrogens is 1. The van der Waals surface area contributed by atoms with E-state index in [0.717, 1.165) is 62.8 Å². The lowest BCUT2D eigenvalue weighted by atomic mass is 9.66. The number of amidine groups is 1. The molecule has 5 aromatic carbocycles. The Hall–Kier alpha value is -6.13. The molecule has 1 aromatic heterocycles. The molecule has 0 amide bonds. The van der Waals surface area contributed by atoms with Crippen molar-refractivity contribution in [2.45, 2.75) is 11.8 Å². The number of rotatable bonds is 3. The monoisotopic (exact) mass is 615 g/mol. The lowest BCUT2D eigenvalue weighted by Gasteiger charge is -2.39. The van der Waals surface area contributed by atoms with E-state index in [1.54, 1.807) is 0 Å². The molecule has 1 atom stereocenters. The Morgan fingerprint density at radius 1 is 0.583 bits per heavy atom. The van der Waals surface area contributed by atoms with Crippen LogP contribution in [-0.2, 0) is 5.41 Å². The highest BCUT2D eigenvalue weighted by atomic mass is 16.5. The summed E-state index contributed by atoms with van der Waals surface area (Å²) in [6.07, 6.45) is 9.16. The van der Waals surface area contributed by atoms with Crippen molar-refractivity contribution in [1.29, 1.82) is 0 Å². The van der Waals surface area contributed by atoms with Gasteiger partial charge in [-0.3, -0.25) is 4.98 Å². The molecule has 0 radical (unpaired) electrons. The summed E-state index contributed by atoms with van der Waals surface area (Å²) in [6, 6.07) is 47.1. The highest BCUT2D eigenvalue weighted by molar-refractivity contribution is 6.17. The fraction of sp³-hybridized carbons (Fsp3) is 0.0682. The summed E-state index contributed by atoms with van der Waals surface area (Å²) in [4.78, 5) is 15.4. The molecule has 0 saturated carbocycles. The van der Waals surface area contributed by atoms with Gasteiger partial charge in [0.2, 0.25) is 0 Å². The Morgan fingerprint density at radius 3 is 2.08 bits per heavy atom. The van der Waals surface area contributed by atoms with Gasteiger partial charge in [-0.25, -0.2) is 9.98 Å². The molecule has 6 aromatic rings. The van der Waals surface area contributed by atoms with Crippen molar-refractivity contribution < 1.29 is 4.74 Å². The van der Waals surface area contributed by atoms with Crippen LogP contribution in [0.25, 0.3) is 22.4 Å². The van der Waals surface area contributed by atoms with E-state index in [-0.39, 0.29) is 5.92 Å². The lowest BCUT2D eigenvalue weighted by Crippen LogP contribution is -2.32. The van der Waals surface area contributed by atoms with Gasteiger partial charge in [0, 0.05) is 34.4 Å². The molecular formula is C44H29N3O. The van der Waals surface area contributed by atoms with Crippen molar-refractivity contribution in [1.82, 2.24) is 4.98 Å². The van der Waals surface area contributed by atoms with E-state index in [0.29, 0.717) is 5.84 Å². The first-order valence-corrected chi connectivity index (χ1v) is 16.5. The van der Waals surface area contributed by atoms with Crippen molar-refractivity contribution >= 4 is 11.5 Å². The van der Waals surface area contributed by atoms with Crippen molar-refractivity contribution in [2.75, 3.05) is 0 Å². The Morgan fingerprint density at radius 2 is 1.27 bits per heavy atom. The van der Waals surface area contributed by atoms with Crippen LogP contribution in [-0.4, -0.2) is 16.5 Å². The number of para-hydroxylation sites is 1. The van der Waals surface area contributed by atoms with Crippen molar-refractivity contribution in [3.05, 3.63) is 197 Å². The molecule has 1 unspecified atom stereocenters. The maximum Gasteiger partial charge on any atom is 0.161 e. The van der Waals surface area contributed by atoms with Gasteiger partial charge in [0.1, 0.15) is 11.5 Å². The molecule has 48 heavy (non-hydrogen) atoms. The summed E-state index contributed by atoms with van der Waals surface area (Å²) in [6.45, 7) is 0. The van der Waals surface area contributed by atoms with Gasteiger partial charge in [0.15, 0.2) is 5.84 Å². The number of allylic oxidation sites excluding steroid dienone is 4. The molecule has 2 aliphatic heterocycles. The summed E-state index contributed by atoms with van der Waals surface area (Å²) >= 11 is 0. The minimum atomic E-state index is -0.546. The summed E-state index contributed by atoms with van der Waals surface area (Å²) in [5.41, 5.74) is 12.7. The fourth-order valence-electron chi connectivity index (χ4n) is 8.14. The van der Waals surface area contributed by atoms with Crippen LogP contribution in [0.2, 0.25) is 0 Å². The number of ether oxygens (including phenoxy) is 1. The van der Waals surface area contributed by atoms with E-state index in [1.165, 1.54) is 22.3 Å². The van der Waals surface area contributed by atoms with Crippen LogP contribution in [0.15, 0.2) is 174 Å². The zero-order valence-corrected chi connectivity index (χ0v) is 26.0. The summed E-state index contributed by atoms with van der Waals surface area (Å²) in [5.74, 6) is 2.54. The van der Waals surface area contributed by atoms with Crippen LogP contribution < -0.4 is 4.74 Å². The normalized spacial score (nSPS) is 17.5. The van der Waals surface area contributed by atoms with Crippen LogP contribution in [0.5, 0.6) is 11.5 Å². The first-order chi connectivity index (χ1) is 23.8. The fourth-order valence-corrected chi connectivity index (χ4v) is 8.14. The first-order valence-electron chi connectivity index (χ1n) is 16.5. The molecular weight excluding hydrogens is 587 g/mol. The van der Waals surface area contributed by atoms with Gasteiger partial charge in [-0.15, -0.1) is 0 Å². The maximum absolute atomic E-state index is 6.67. The Labute approximate surface area is 279 Å². The third-order valence-corrected chi connectivity index (χ3v) is 10.2. The van der Waals surface area contributed by atoms with Crippen LogP contribution >= 0.6 is 0 Å². The highest BCUT2D eigenvalue weighted by Crippen LogP contribution is 2.62. The van der Waals surface area contributed by atoms with Gasteiger partial charge in [-0.2, -0.15) is 0 Å². The van der Waals surface area contributed by atoms with Gasteiger partial charge in [0.25, 0.3) is 0 Å². The molecule has 0 fully saturated rings. The predicted molar refractivity (Wildman–Crippen MR) is 192 cm³/mol. The quantitative estimate of drug-likeness (QED) is 0.199. The van der Waals surface area contributed by atoms with Crippen LogP contribution in [0.4, 0.5) is 0 Å². The maximum atomic E-state index is 6.67. The molecule has 4 nitrogen and oxygen atoms in total. The van der Waals surface area contributed by atoms with E-state index >= 15 is 0 Å². The molecule has 3 heterocycles. The van der Waals surface area contributed by atoms with Crippen LogP contribution in [0, 0.1) is 5.92 Å². The second-order valence-corrected chi connectivity index (χ2v) is 12.7. The first kappa shape index (κ1) is 27.0. The SMILES string of the molecule is C1=CCC2C(=C1)N=C(c1cccnc1-c1ccc3c(c1)C1(c4ccccc4O3)c3ccccc3-c3ccccc31)N=C2c1ccccc1. The predicted octanol–water partition coefficient (Wildman–Crippen LogP) is 9.93. The van der Waals surface area contributed by atoms with E-state index in [2.05, 4.69) is 140 Å². The second kappa shape index (κ2) is 10.4. The van der Waals surface area contributed by atoms with Gasteiger partial charge in [-0.1, -0.05) is 109 Å². The number of aliphatic imine (C=N–C) groups is 2. The molecule has 0 bridgehead atoms. The van der Waals surface area contributed by atoms with Crippen molar-refractivity contribution in [3.63, 3.8) is 0 Å². The average molecular weight is 616 g/mol. The Bertz CT molecular complexity index is 2370. The third kappa shape index (κ3) is 3.80. The van der Waals surface area contributed by atoms with Crippen LogP contribution in [0.3, 0.4) is 0 Å². The number of benzene rings is 5. The third-order valence-electron chi connectivity index (χ3n) is 10.2. The zero-order valence-electron chi connectivity index (χ0n) is 26.0. The van der Waals surface area contributed by atoms with Crippen molar-refractivity contribution in [2.24, 2.45) is 15.9 Å². The summed E-state index contributed by atoms with van der Waals surface area (Å²) in [7, 11) is 0. The highest BCUT2D eigenvalue weighted by Gasteiger charge is 2.51. The standard InChI is InChI=1S/C44H29N3O/c1-2-13-28(14-3-1)42-32-17-6-10-22-38(32)46-43(47-42)33-18-12-26-45-41(33)29-24-25-40-37(27-29)44(36-21-9-11-23-39(36)48-40)34-19-7-4-15-30(34)31-16-5-8-20-35(31)44/h1-16,18-27,32H,17H2. The Balaban J connectivity index is 1.20. The molecule has 2 aliphatic carbocycles. The van der Waals surface area contributed by atoms with Gasteiger partial charge < -0.3 is 4.74 Å². The summed E-state index contributed by atoms with van der Waals surface area (Å²) < 4.78 is 6.67. The van der Waals surface area contributed by atoms with Gasteiger partial charge in [-0.05, 0) is 76.7 Å². The minimum absolute atomic E-state index is 0.129. The van der Waals surface area contributed by atoms with Crippen molar-refractivity contribution in [3.8, 4) is 33.9 Å². The number of nitrogens with zero attached hydrogens (tertiary/aromatic N) is 3. The number of pyridine rings is 1. The average Bonchev–Trinajstić information content (AvgIpc) is 3.45. The van der Waals surface area contributed by atoms with Gasteiger partial charge >= 0.3 is 0 Å². The Kier molecular flexibility index (Phi) is 5.88. The molecule has 1 spiro atoms. The van der Waals surface area contributed by atoms with E-state index in [9.17, 15) is 0 Å². The molecule has 4 aliphatic rings. The molecule has 0 N–H and O–H groups in total. The zero-order chi connectivity index (χ0) is 31.7. The van der Waals surface area contributed by atoms with Gasteiger partial charge in [0.05, 0.1) is 22.5 Å². The minimum Gasteiger partial charge on any atom is -0.457 e. The topological polar surface area (TPSA) is 46.8 Å². The van der Waals surface area contributed by atoms with E-state index < -0.39 is 5.41 Å². The lowest BCUT2D eigenvalue weighted by molar-refractivity contribution is 0.436. The summed E-state index contributed by atoms with van der Waals surface area (Å²) in [5, 5.41) is 0. The number of hydrogen-bond acceptors (Lipinski definition) is 4. The molecule has 226 valence electrons. The van der Waals surface area contributed by atoms with Crippen LogP contribution in [0.1, 0.15) is 39.8 Å². The number of hydrogen-bond donors (Lipinski definition) is 0.